The molecule has 0 radical (unpaired) electrons. The SMILES string of the molecule is Cc1ccccc1-c1cccc2c(CCCOc3cccc4ccsc34)c(C(=O)O)[nH]c12. The Morgan fingerprint density at radius 1 is 1.00 bits per heavy atom. The molecular weight excluding hydrogens is 418 g/mol. The van der Waals surface area contributed by atoms with Gasteiger partial charge < -0.3 is 14.8 Å². The number of aromatic nitrogens is 1. The number of carboxylic acids is 1. The summed E-state index contributed by atoms with van der Waals surface area (Å²) in [5, 5.41) is 14.1. The van der Waals surface area contributed by atoms with Crippen LogP contribution in [-0.4, -0.2) is 22.7 Å². The van der Waals surface area contributed by atoms with Crippen molar-refractivity contribution in [1.82, 2.24) is 4.98 Å². The molecule has 0 amide bonds. The molecule has 2 aromatic heterocycles. The van der Waals surface area contributed by atoms with Gasteiger partial charge in [-0.1, -0.05) is 54.6 Å². The van der Waals surface area contributed by atoms with E-state index in [1.54, 1.807) is 11.3 Å². The molecule has 3 aromatic carbocycles. The third kappa shape index (κ3) is 3.65. The van der Waals surface area contributed by atoms with Gasteiger partial charge >= 0.3 is 5.97 Å². The van der Waals surface area contributed by atoms with Crippen LogP contribution in [-0.2, 0) is 6.42 Å². The summed E-state index contributed by atoms with van der Waals surface area (Å²) < 4.78 is 7.20. The van der Waals surface area contributed by atoms with Gasteiger partial charge in [0.2, 0.25) is 0 Å². The number of thiophene rings is 1. The second-order valence-electron chi connectivity index (χ2n) is 7.87. The van der Waals surface area contributed by atoms with E-state index >= 15 is 0 Å². The molecule has 0 unspecified atom stereocenters. The number of aryl methyl sites for hydroxylation is 2. The summed E-state index contributed by atoms with van der Waals surface area (Å²) in [7, 11) is 0. The van der Waals surface area contributed by atoms with Crippen molar-refractivity contribution in [3.63, 3.8) is 0 Å². The van der Waals surface area contributed by atoms with Crippen molar-refractivity contribution >= 4 is 38.3 Å². The molecule has 5 heteroatoms. The molecule has 5 aromatic rings. The van der Waals surface area contributed by atoms with E-state index in [1.807, 2.05) is 42.5 Å². The van der Waals surface area contributed by atoms with Crippen molar-refractivity contribution in [1.29, 1.82) is 0 Å². The number of rotatable bonds is 7. The van der Waals surface area contributed by atoms with Crippen molar-refractivity contribution in [2.24, 2.45) is 0 Å². The van der Waals surface area contributed by atoms with Crippen LogP contribution in [0.5, 0.6) is 5.75 Å². The molecule has 0 saturated carbocycles. The maximum absolute atomic E-state index is 12.0. The molecule has 0 bridgehead atoms. The third-order valence-corrected chi connectivity index (χ3v) is 6.81. The zero-order valence-corrected chi connectivity index (χ0v) is 18.5. The van der Waals surface area contributed by atoms with Gasteiger partial charge in [0.05, 0.1) is 16.8 Å². The zero-order valence-electron chi connectivity index (χ0n) is 17.7. The Balaban J connectivity index is 1.42. The van der Waals surface area contributed by atoms with E-state index in [9.17, 15) is 9.90 Å². The lowest BCUT2D eigenvalue weighted by Crippen LogP contribution is -2.04. The van der Waals surface area contributed by atoms with E-state index < -0.39 is 5.97 Å². The monoisotopic (exact) mass is 441 g/mol. The Morgan fingerprint density at radius 3 is 2.66 bits per heavy atom. The fraction of sp³-hybridized carbons (Fsp3) is 0.148. The topological polar surface area (TPSA) is 62.3 Å². The lowest BCUT2D eigenvalue weighted by atomic mass is 9.97. The molecule has 0 atom stereocenters. The number of benzene rings is 3. The van der Waals surface area contributed by atoms with E-state index in [-0.39, 0.29) is 5.69 Å². The summed E-state index contributed by atoms with van der Waals surface area (Å²) in [6.07, 6.45) is 1.35. The van der Waals surface area contributed by atoms with Gasteiger partial charge in [-0.15, -0.1) is 11.3 Å². The van der Waals surface area contributed by atoms with E-state index in [0.717, 1.165) is 50.0 Å². The van der Waals surface area contributed by atoms with Crippen LogP contribution in [0.2, 0.25) is 0 Å². The molecule has 4 nitrogen and oxygen atoms in total. The molecule has 2 heterocycles. The first-order chi connectivity index (χ1) is 15.6. The first-order valence-corrected chi connectivity index (χ1v) is 11.5. The minimum Gasteiger partial charge on any atom is -0.492 e. The molecule has 5 rings (SSSR count). The number of aromatic amines is 1. The molecule has 0 aliphatic rings. The molecule has 0 fully saturated rings. The van der Waals surface area contributed by atoms with Crippen molar-refractivity contribution in [3.05, 3.63) is 88.9 Å². The Kier molecular flexibility index (Phi) is 5.41. The van der Waals surface area contributed by atoms with Gasteiger partial charge in [-0.3, -0.25) is 0 Å². The Hall–Kier alpha value is -3.57. The summed E-state index contributed by atoms with van der Waals surface area (Å²) in [6.45, 7) is 2.60. The Labute approximate surface area is 190 Å². The standard InChI is InChI=1S/C27H23NO3S/c1-17-7-2-3-9-19(17)20-10-5-11-21-22(25(27(29)30)28-24(20)21)12-6-15-31-23-13-4-8-18-14-16-32-26(18)23/h2-5,7-11,13-14,16,28H,6,12,15H2,1H3,(H,29,30). The lowest BCUT2D eigenvalue weighted by molar-refractivity contribution is 0.0690. The Morgan fingerprint density at radius 2 is 1.81 bits per heavy atom. The normalized spacial score (nSPS) is 11.3. The van der Waals surface area contributed by atoms with Crippen LogP contribution < -0.4 is 4.74 Å². The van der Waals surface area contributed by atoms with Crippen LogP contribution in [0.3, 0.4) is 0 Å². The van der Waals surface area contributed by atoms with E-state index in [2.05, 4.69) is 41.6 Å². The van der Waals surface area contributed by atoms with Crippen LogP contribution in [0.25, 0.3) is 32.1 Å². The fourth-order valence-corrected chi connectivity index (χ4v) is 5.19. The number of carboxylic acid groups (broad SMARTS) is 1. The predicted octanol–water partition coefficient (Wildman–Crippen LogP) is 7.07. The average molecular weight is 442 g/mol. The highest BCUT2D eigenvalue weighted by Crippen LogP contribution is 2.34. The molecule has 0 saturated heterocycles. The molecular formula is C27H23NO3S. The van der Waals surface area contributed by atoms with Gasteiger partial charge in [-0.2, -0.15) is 0 Å². The van der Waals surface area contributed by atoms with Crippen LogP contribution in [0, 0.1) is 6.92 Å². The number of H-pyrrole nitrogens is 1. The minimum atomic E-state index is -0.934. The summed E-state index contributed by atoms with van der Waals surface area (Å²) >= 11 is 1.67. The Bertz CT molecular complexity index is 1430. The van der Waals surface area contributed by atoms with Gasteiger partial charge in [0.1, 0.15) is 11.4 Å². The van der Waals surface area contributed by atoms with Crippen LogP contribution in [0.4, 0.5) is 0 Å². The number of ether oxygens (including phenoxy) is 1. The van der Waals surface area contributed by atoms with Crippen molar-refractivity contribution in [3.8, 4) is 16.9 Å². The zero-order chi connectivity index (χ0) is 22.1. The second kappa shape index (κ2) is 8.52. The summed E-state index contributed by atoms with van der Waals surface area (Å²) in [5.41, 5.74) is 5.26. The van der Waals surface area contributed by atoms with Crippen LogP contribution in [0.1, 0.15) is 28.0 Å². The molecule has 2 N–H and O–H groups in total. The highest BCUT2D eigenvalue weighted by atomic mass is 32.1. The molecule has 0 spiro atoms. The molecule has 32 heavy (non-hydrogen) atoms. The van der Waals surface area contributed by atoms with E-state index in [0.29, 0.717) is 13.0 Å². The van der Waals surface area contributed by atoms with E-state index in [4.69, 9.17) is 4.74 Å². The third-order valence-electron chi connectivity index (χ3n) is 5.86. The minimum absolute atomic E-state index is 0.265. The predicted molar refractivity (Wildman–Crippen MR) is 131 cm³/mol. The van der Waals surface area contributed by atoms with Gasteiger partial charge in [0, 0.05) is 10.9 Å². The molecule has 160 valence electrons. The van der Waals surface area contributed by atoms with Gasteiger partial charge in [-0.25, -0.2) is 4.79 Å². The maximum atomic E-state index is 12.0. The van der Waals surface area contributed by atoms with E-state index in [1.165, 1.54) is 5.39 Å². The summed E-state index contributed by atoms with van der Waals surface area (Å²) in [5.74, 6) is -0.0482. The average Bonchev–Trinajstić information content (AvgIpc) is 3.42. The highest BCUT2D eigenvalue weighted by Gasteiger charge is 2.19. The lowest BCUT2D eigenvalue weighted by Gasteiger charge is -2.08. The van der Waals surface area contributed by atoms with Crippen LogP contribution >= 0.6 is 11.3 Å². The molecule has 0 aliphatic heterocycles. The maximum Gasteiger partial charge on any atom is 0.352 e. The van der Waals surface area contributed by atoms with Gasteiger partial charge in [0.25, 0.3) is 0 Å². The highest BCUT2D eigenvalue weighted by molar-refractivity contribution is 7.17. The van der Waals surface area contributed by atoms with Crippen molar-refractivity contribution < 1.29 is 14.6 Å². The molecule has 0 aliphatic carbocycles. The largest absolute Gasteiger partial charge is 0.492 e. The van der Waals surface area contributed by atoms with Gasteiger partial charge in [0.15, 0.2) is 0 Å². The van der Waals surface area contributed by atoms with Gasteiger partial charge in [-0.05, 0) is 59.4 Å². The number of hydrogen-bond donors (Lipinski definition) is 2. The first-order valence-electron chi connectivity index (χ1n) is 10.7. The quantitative estimate of drug-likeness (QED) is 0.266. The van der Waals surface area contributed by atoms with Crippen LogP contribution in [0.15, 0.2) is 72.1 Å². The number of nitrogens with one attached hydrogen (secondary N) is 1. The first kappa shape index (κ1) is 20.3. The number of para-hydroxylation sites is 1. The smallest absolute Gasteiger partial charge is 0.352 e. The summed E-state index contributed by atoms with van der Waals surface area (Å²) in [6, 6.07) is 22.4. The number of aromatic carboxylic acids is 1. The fourth-order valence-electron chi connectivity index (χ4n) is 4.33. The second-order valence-corrected chi connectivity index (χ2v) is 8.79. The van der Waals surface area contributed by atoms with Crippen molar-refractivity contribution in [2.75, 3.05) is 6.61 Å². The number of fused-ring (bicyclic) bond motifs is 2. The van der Waals surface area contributed by atoms with Crippen molar-refractivity contribution in [2.45, 2.75) is 19.8 Å². The number of carbonyl (C=O) groups is 1. The number of hydrogen-bond acceptors (Lipinski definition) is 3. The summed E-state index contributed by atoms with van der Waals surface area (Å²) in [4.78, 5) is 15.2.